The van der Waals surface area contributed by atoms with Gasteiger partial charge >= 0.3 is 0 Å². The number of aryl methyl sites for hydroxylation is 1. The normalized spacial score (nSPS) is 10.6. The first-order chi connectivity index (χ1) is 13.6. The van der Waals surface area contributed by atoms with Crippen LogP contribution in [-0.4, -0.2) is 22.3 Å². The highest BCUT2D eigenvalue weighted by Gasteiger charge is 2.06. The average molecular weight is 398 g/mol. The van der Waals surface area contributed by atoms with Gasteiger partial charge in [-0.2, -0.15) is 5.10 Å². The predicted molar refractivity (Wildman–Crippen MR) is 111 cm³/mol. The fourth-order valence-corrected chi connectivity index (χ4v) is 2.98. The third-order valence-corrected chi connectivity index (χ3v) is 4.86. The zero-order valence-corrected chi connectivity index (χ0v) is 16.7. The van der Waals surface area contributed by atoms with E-state index in [2.05, 4.69) is 16.5 Å². The van der Waals surface area contributed by atoms with Gasteiger partial charge in [-0.05, 0) is 54.3 Å². The molecule has 0 aliphatic heterocycles. The molecule has 28 heavy (non-hydrogen) atoms. The number of benzene rings is 2. The summed E-state index contributed by atoms with van der Waals surface area (Å²) >= 11 is 6.01. The zero-order valence-electron chi connectivity index (χ0n) is 15.9. The molecule has 1 amide bonds. The molecule has 3 aromatic rings. The summed E-state index contributed by atoms with van der Waals surface area (Å²) in [7, 11) is 0. The third kappa shape index (κ3) is 5.86. The van der Waals surface area contributed by atoms with Crippen LogP contribution >= 0.6 is 11.6 Å². The highest BCUT2D eigenvalue weighted by molar-refractivity contribution is 6.31. The van der Waals surface area contributed by atoms with Gasteiger partial charge in [0.05, 0.1) is 13.2 Å². The molecule has 0 saturated heterocycles. The lowest BCUT2D eigenvalue weighted by atomic mass is 10.1. The second kappa shape index (κ2) is 9.95. The fraction of sp³-hybridized carbons (Fsp3) is 0.273. The lowest BCUT2D eigenvalue weighted by Crippen LogP contribution is -2.23. The third-order valence-electron chi connectivity index (χ3n) is 4.43. The van der Waals surface area contributed by atoms with Crippen LogP contribution < -0.4 is 10.1 Å². The lowest BCUT2D eigenvalue weighted by molar-refractivity contribution is -0.121. The minimum absolute atomic E-state index is 0.0183. The molecule has 1 aromatic heterocycles. The van der Waals surface area contributed by atoms with Crippen molar-refractivity contribution in [1.29, 1.82) is 0 Å². The van der Waals surface area contributed by atoms with E-state index in [-0.39, 0.29) is 5.91 Å². The van der Waals surface area contributed by atoms with Gasteiger partial charge in [-0.15, -0.1) is 0 Å². The summed E-state index contributed by atoms with van der Waals surface area (Å²) in [5, 5.41) is 7.96. The topological polar surface area (TPSA) is 56.1 Å². The molecule has 0 aliphatic carbocycles. The van der Waals surface area contributed by atoms with Crippen LogP contribution in [0.5, 0.6) is 5.75 Å². The van der Waals surface area contributed by atoms with Crippen molar-refractivity contribution in [3.8, 4) is 5.75 Å². The van der Waals surface area contributed by atoms with Gasteiger partial charge in [-0.1, -0.05) is 35.9 Å². The Kier molecular flexibility index (Phi) is 7.09. The van der Waals surface area contributed by atoms with E-state index in [1.165, 1.54) is 0 Å². The van der Waals surface area contributed by atoms with Crippen LogP contribution in [0.25, 0.3) is 0 Å². The Hall–Kier alpha value is -2.79. The predicted octanol–water partition coefficient (Wildman–Crippen LogP) is 4.37. The molecule has 0 spiro atoms. The Bertz CT molecular complexity index is 910. The van der Waals surface area contributed by atoms with E-state index in [0.717, 1.165) is 27.5 Å². The van der Waals surface area contributed by atoms with Gasteiger partial charge in [0.2, 0.25) is 5.91 Å². The number of carbonyl (C=O) groups excluding carboxylic acids is 1. The van der Waals surface area contributed by atoms with Crippen LogP contribution in [0.15, 0.2) is 60.9 Å². The van der Waals surface area contributed by atoms with Gasteiger partial charge in [0, 0.05) is 30.4 Å². The molecule has 6 heteroatoms. The van der Waals surface area contributed by atoms with Crippen LogP contribution in [0.4, 0.5) is 0 Å². The Morgan fingerprint density at radius 2 is 2.00 bits per heavy atom. The number of carbonyl (C=O) groups is 1. The van der Waals surface area contributed by atoms with Gasteiger partial charge in [-0.25, -0.2) is 0 Å². The molecule has 1 N–H and O–H groups in total. The summed E-state index contributed by atoms with van der Waals surface area (Å²) < 4.78 is 7.56. The number of rotatable bonds is 9. The van der Waals surface area contributed by atoms with E-state index in [4.69, 9.17) is 16.3 Å². The van der Waals surface area contributed by atoms with Crippen molar-refractivity contribution < 1.29 is 9.53 Å². The van der Waals surface area contributed by atoms with Crippen molar-refractivity contribution in [2.24, 2.45) is 0 Å². The highest BCUT2D eigenvalue weighted by Crippen LogP contribution is 2.21. The van der Waals surface area contributed by atoms with Crippen LogP contribution in [0.3, 0.4) is 0 Å². The van der Waals surface area contributed by atoms with Crippen molar-refractivity contribution >= 4 is 17.5 Å². The second-order valence-corrected chi connectivity index (χ2v) is 7.02. The first kappa shape index (κ1) is 20.0. The largest absolute Gasteiger partial charge is 0.494 e. The summed E-state index contributed by atoms with van der Waals surface area (Å²) in [5.74, 6) is 0.791. The maximum absolute atomic E-state index is 12.2. The van der Waals surface area contributed by atoms with Crippen LogP contribution in [0, 0.1) is 6.92 Å². The number of amides is 1. The molecule has 0 unspecified atom stereocenters. The molecule has 2 aromatic carbocycles. The Balaban J connectivity index is 1.41. The van der Waals surface area contributed by atoms with Gasteiger partial charge in [0.1, 0.15) is 5.75 Å². The van der Waals surface area contributed by atoms with Gasteiger partial charge in [0.15, 0.2) is 0 Å². The summed E-state index contributed by atoms with van der Waals surface area (Å²) in [6.45, 7) is 3.62. The molecule has 146 valence electrons. The maximum Gasteiger partial charge on any atom is 0.220 e. The van der Waals surface area contributed by atoms with E-state index in [9.17, 15) is 4.79 Å². The SMILES string of the molecule is Cc1cc(OCCCC(=O)NCc2ccccc2Cn2cccn2)ccc1Cl. The maximum atomic E-state index is 12.2. The summed E-state index contributed by atoms with van der Waals surface area (Å²) in [4.78, 5) is 12.2. The van der Waals surface area contributed by atoms with Crippen molar-refractivity contribution in [3.05, 3.63) is 82.6 Å². The molecular formula is C22H24ClN3O2. The molecule has 0 fully saturated rings. The first-order valence-corrected chi connectivity index (χ1v) is 9.69. The van der Waals surface area contributed by atoms with Crippen molar-refractivity contribution in [2.45, 2.75) is 32.9 Å². The Morgan fingerprint density at radius 3 is 2.75 bits per heavy atom. The summed E-state index contributed by atoms with van der Waals surface area (Å²) in [5.41, 5.74) is 3.22. The fourth-order valence-electron chi connectivity index (χ4n) is 2.86. The number of aromatic nitrogens is 2. The number of nitrogens with zero attached hydrogens (tertiary/aromatic N) is 2. The van der Waals surface area contributed by atoms with E-state index in [1.54, 1.807) is 6.20 Å². The standard InChI is InChI=1S/C22H24ClN3O2/c1-17-14-20(9-10-21(17)23)28-13-4-8-22(27)24-15-18-6-2-3-7-19(18)16-26-12-5-11-25-26/h2-3,5-7,9-12,14H,4,8,13,15-16H2,1H3,(H,24,27). The van der Waals surface area contributed by atoms with E-state index >= 15 is 0 Å². The van der Waals surface area contributed by atoms with Crippen molar-refractivity contribution in [2.75, 3.05) is 6.61 Å². The van der Waals surface area contributed by atoms with Crippen LogP contribution in [-0.2, 0) is 17.9 Å². The minimum atomic E-state index is 0.0183. The highest BCUT2D eigenvalue weighted by atomic mass is 35.5. The number of hydrogen-bond acceptors (Lipinski definition) is 3. The lowest BCUT2D eigenvalue weighted by Gasteiger charge is -2.11. The number of nitrogens with one attached hydrogen (secondary N) is 1. The number of halogens is 1. The monoisotopic (exact) mass is 397 g/mol. The quantitative estimate of drug-likeness (QED) is 0.545. The van der Waals surface area contributed by atoms with Crippen LogP contribution in [0.2, 0.25) is 5.02 Å². The summed E-state index contributed by atoms with van der Waals surface area (Å²) in [6.07, 6.45) is 4.77. The molecule has 0 bridgehead atoms. The number of ether oxygens (including phenoxy) is 1. The van der Waals surface area contributed by atoms with E-state index < -0.39 is 0 Å². The molecule has 0 atom stereocenters. The first-order valence-electron chi connectivity index (χ1n) is 9.31. The minimum Gasteiger partial charge on any atom is -0.494 e. The Labute approximate surface area is 170 Å². The molecule has 0 saturated carbocycles. The van der Waals surface area contributed by atoms with E-state index in [0.29, 0.717) is 32.5 Å². The second-order valence-electron chi connectivity index (χ2n) is 6.61. The Morgan fingerprint density at radius 1 is 1.18 bits per heavy atom. The summed E-state index contributed by atoms with van der Waals surface area (Å²) in [6, 6.07) is 15.5. The number of hydrogen-bond donors (Lipinski definition) is 1. The van der Waals surface area contributed by atoms with Gasteiger partial charge in [-0.3, -0.25) is 9.48 Å². The van der Waals surface area contributed by atoms with Crippen LogP contribution in [0.1, 0.15) is 29.5 Å². The van der Waals surface area contributed by atoms with Gasteiger partial charge < -0.3 is 10.1 Å². The smallest absolute Gasteiger partial charge is 0.220 e. The zero-order chi connectivity index (χ0) is 19.8. The molecule has 0 radical (unpaired) electrons. The molecule has 3 rings (SSSR count). The van der Waals surface area contributed by atoms with Crippen molar-refractivity contribution in [3.63, 3.8) is 0 Å². The van der Waals surface area contributed by atoms with Crippen molar-refractivity contribution in [1.82, 2.24) is 15.1 Å². The van der Waals surface area contributed by atoms with Gasteiger partial charge in [0.25, 0.3) is 0 Å². The average Bonchev–Trinajstić information content (AvgIpc) is 3.20. The molecular weight excluding hydrogens is 374 g/mol. The molecule has 5 nitrogen and oxygen atoms in total. The van der Waals surface area contributed by atoms with E-state index in [1.807, 2.05) is 60.3 Å². The molecule has 1 heterocycles. The molecule has 0 aliphatic rings.